The van der Waals surface area contributed by atoms with Crippen LogP contribution in [0.15, 0.2) is 4.21 Å². The molecule has 1 rings (SSSR count). The first-order valence-corrected chi connectivity index (χ1v) is 8.48. The predicted molar refractivity (Wildman–Crippen MR) is 71.3 cm³/mol. The van der Waals surface area contributed by atoms with Crippen LogP contribution in [0.2, 0.25) is 0 Å². The van der Waals surface area contributed by atoms with E-state index in [2.05, 4.69) is 4.98 Å². The summed E-state index contributed by atoms with van der Waals surface area (Å²) in [6.45, 7) is 1.96. The fourth-order valence-electron chi connectivity index (χ4n) is 1.56. The Labute approximate surface area is 120 Å². The molecule has 0 aliphatic carbocycles. The smallest absolute Gasteiger partial charge is 0.245 e. The van der Waals surface area contributed by atoms with Crippen LogP contribution in [0.4, 0.5) is 13.2 Å². The highest BCUT2D eigenvalue weighted by molar-refractivity contribution is 7.91. The van der Waals surface area contributed by atoms with Crippen molar-refractivity contribution in [3.05, 3.63) is 10.7 Å². The number of nitrogens with zero attached hydrogens (tertiary/aromatic N) is 1. The summed E-state index contributed by atoms with van der Waals surface area (Å²) in [7, 11) is -4.15. The van der Waals surface area contributed by atoms with Crippen LogP contribution in [0.5, 0.6) is 0 Å². The first-order chi connectivity index (χ1) is 9.15. The van der Waals surface area contributed by atoms with E-state index in [-0.39, 0.29) is 9.90 Å². The molecule has 116 valence electrons. The van der Waals surface area contributed by atoms with Gasteiger partial charge in [-0.1, -0.05) is 19.8 Å². The Balaban J connectivity index is 2.79. The number of alkyl halides is 3. The summed E-state index contributed by atoms with van der Waals surface area (Å²) in [4.78, 5) is 4.11. The van der Waals surface area contributed by atoms with Crippen LogP contribution in [0, 0.1) is 6.92 Å². The minimum Gasteiger partial charge on any atom is -0.245 e. The van der Waals surface area contributed by atoms with E-state index >= 15 is 0 Å². The zero-order valence-corrected chi connectivity index (χ0v) is 12.9. The van der Waals surface area contributed by atoms with Crippen molar-refractivity contribution in [1.29, 1.82) is 0 Å². The van der Waals surface area contributed by atoms with Gasteiger partial charge in [-0.25, -0.2) is 18.1 Å². The average molecular weight is 330 g/mol. The Hall–Kier alpha value is -0.670. The molecule has 0 fully saturated rings. The molecular formula is C11H17F3N2O2S2. The van der Waals surface area contributed by atoms with Crippen LogP contribution in [0.1, 0.15) is 36.9 Å². The van der Waals surface area contributed by atoms with Gasteiger partial charge in [0.1, 0.15) is 6.54 Å². The van der Waals surface area contributed by atoms with Crippen molar-refractivity contribution < 1.29 is 21.6 Å². The standard InChI is InChI=1S/C11H17F3N2O2S2/c1-3-4-5-6-9-16-8(2)10(19-9)20(17,18)15-7-11(12,13)14/h15H,3-7H2,1-2H3. The summed E-state index contributed by atoms with van der Waals surface area (Å²) in [5.41, 5.74) is 0.246. The van der Waals surface area contributed by atoms with Crippen LogP contribution in [-0.4, -0.2) is 26.1 Å². The van der Waals surface area contributed by atoms with E-state index in [1.807, 2.05) is 6.92 Å². The fourth-order valence-corrected chi connectivity index (χ4v) is 4.22. The molecule has 0 aromatic carbocycles. The molecule has 0 bridgehead atoms. The summed E-state index contributed by atoms with van der Waals surface area (Å²) in [5.74, 6) is 0. The molecule has 1 N–H and O–H groups in total. The zero-order valence-electron chi connectivity index (χ0n) is 11.2. The zero-order chi connectivity index (χ0) is 15.4. The molecule has 0 saturated carbocycles. The predicted octanol–water partition coefficient (Wildman–Crippen LogP) is 3.02. The first-order valence-electron chi connectivity index (χ1n) is 6.18. The highest BCUT2D eigenvalue weighted by Gasteiger charge is 2.31. The molecule has 1 aromatic rings. The van der Waals surface area contributed by atoms with Crippen LogP contribution < -0.4 is 4.72 Å². The molecule has 0 amide bonds. The maximum atomic E-state index is 12.1. The van der Waals surface area contributed by atoms with E-state index in [1.165, 1.54) is 6.92 Å². The van der Waals surface area contributed by atoms with Gasteiger partial charge < -0.3 is 0 Å². The molecule has 0 aliphatic heterocycles. The molecule has 0 spiro atoms. The van der Waals surface area contributed by atoms with E-state index in [0.717, 1.165) is 30.6 Å². The van der Waals surface area contributed by atoms with Crippen molar-refractivity contribution in [2.75, 3.05) is 6.54 Å². The highest BCUT2D eigenvalue weighted by atomic mass is 32.2. The van der Waals surface area contributed by atoms with E-state index in [9.17, 15) is 21.6 Å². The van der Waals surface area contributed by atoms with E-state index in [4.69, 9.17) is 0 Å². The number of nitrogens with one attached hydrogen (secondary N) is 1. The van der Waals surface area contributed by atoms with Crippen LogP contribution in [-0.2, 0) is 16.4 Å². The molecule has 1 heterocycles. The lowest BCUT2D eigenvalue weighted by Crippen LogP contribution is -2.33. The number of sulfonamides is 1. The quantitative estimate of drug-likeness (QED) is 0.782. The van der Waals surface area contributed by atoms with E-state index in [1.54, 1.807) is 4.72 Å². The summed E-state index contributed by atoms with van der Waals surface area (Å²) >= 11 is 0.939. The highest BCUT2D eigenvalue weighted by Crippen LogP contribution is 2.25. The molecule has 0 atom stereocenters. The number of halogens is 3. The second-order valence-electron chi connectivity index (χ2n) is 4.38. The van der Waals surface area contributed by atoms with Gasteiger partial charge in [-0.15, -0.1) is 11.3 Å². The van der Waals surface area contributed by atoms with Gasteiger partial charge in [-0.05, 0) is 19.8 Å². The van der Waals surface area contributed by atoms with Crippen LogP contribution in [0.25, 0.3) is 0 Å². The molecule has 1 aromatic heterocycles. The van der Waals surface area contributed by atoms with Crippen molar-refractivity contribution >= 4 is 21.4 Å². The third-order valence-corrected chi connectivity index (χ3v) is 5.73. The maximum Gasteiger partial charge on any atom is 0.402 e. The topological polar surface area (TPSA) is 59.1 Å². The molecule has 4 nitrogen and oxygen atoms in total. The first kappa shape index (κ1) is 17.4. The van der Waals surface area contributed by atoms with Crippen molar-refractivity contribution in [3.8, 4) is 0 Å². The van der Waals surface area contributed by atoms with Gasteiger partial charge in [-0.3, -0.25) is 0 Å². The number of aromatic nitrogens is 1. The average Bonchev–Trinajstić information content (AvgIpc) is 2.69. The van der Waals surface area contributed by atoms with Gasteiger partial charge in [0.25, 0.3) is 10.0 Å². The number of thiazole rings is 1. The minimum atomic E-state index is -4.57. The van der Waals surface area contributed by atoms with Gasteiger partial charge >= 0.3 is 6.18 Å². The van der Waals surface area contributed by atoms with Gasteiger partial charge in [0.15, 0.2) is 4.21 Å². The Morgan fingerprint density at radius 3 is 2.50 bits per heavy atom. The minimum absolute atomic E-state index is 0.131. The summed E-state index contributed by atoms with van der Waals surface area (Å²) < 4.78 is 61.2. The summed E-state index contributed by atoms with van der Waals surface area (Å²) in [6, 6.07) is 0. The van der Waals surface area contributed by atoms with E-state index < -0.39 is 22.7 Å². The van der Waals surface area contributed by atoms with Crippen LogP contribution >= 0.6 is 11.3 Å². The molecule has 20 heavy (non-hydrogen) atoms. The van der Waals surface area contributed by atoms with Crippen LogP contribution in [0.3, 0.4) is 0 Å². The number of rotatable bonds is 7. The molecule has 0 aliphatic rings. The number of aryl methyl sites for hydroxylation is 2. The lowest BCUT2D eigenvalue weighted by molar-refractivity contribution is -0.121. The van der Waals surface area contributed by atoms with Crippen molar-refractivity contribution in [2.45, 2.75) is 49.9 Å². The largest absolute Gasteiger partial charge is 0.402 e. The maximum absolute atomic E-state index is 12.1. The monoisotopic (exact) mass is 330 g/mol. The van der Waals surface area contributed by atoms with Crippen molar-refractivity contribution in [3.63, 3.8) is 0 Å². The molecular weight excluding hydrogens is 313 g/mol. The van der Waals surface area contributed by atoms with Gasteiger partial charge in [0, 0.05) is 0 Å². The second kappa shape index (κ2) is 6.86. The Morgan fingerprint density at radius 1 is 1.30 bits per heavy atom. The lowest BCUT2D eigenvalue weighted by Gasteiger charge is -2.07. The third kappa shape index (κ3) is 5.37. The fraction of sp³-hybridized carbons (Fsp3) is 0.727. The normalized spacial score (nSPS) is 12.8. The molecule has 0 saturated heterocycles. The third-order valence-electron chi connectivity index (χ3n) is 2.50. The second-order valence-corrected chi connectivity index (χ2v) is 7.42. The summed E-state index contributed by atoms with van der Waals surface area (Å²) in [5, 5.41) is 0.642. The number of hydrogen-bond acceptors (Lipinski definition) is 4. The van der Waals surface area contributed by atoms with Gasteiger partial charge in [0.2, 0.25) is 0 Å². The van der Waals surface area contributed by atoms with E-state index in [0.29, 0.717) is 11.4 Å². The summed E-state index contributed by atoms with van der Waals surface area (Å²) in [6.07, 6.45) is -1.00. The molecule has 0 radical (unpaired) electrons. The lowest BCUT2D eigenvalue weighted by atomic mass is 10.2. The Bertz CT molecular complexity index is 538. The Kier molecular flexibility index (Phi) is 5.96. The van der Waals surface area contributed by atoms with Gasteiger partial charge in [-0.2, -0.15) is 13.2 Å². The molecule has 0 unspecified atom stereocenters. The van der Waals surface area contributed by atoms with Crippen molar-refractivity contribution in [2.24, 2.45) is 0 Å². The Morgan fingerprint density at radius 2 is 1.95 bits per heavy atom. The number of unbranched alkanes of at least 4 members (excludes halogenated alkanes) is 2. The molecule has 9 heteroatoms. The van der Waals surface area contributed by atoms with Gasteiger partial charge in [0.05, 0.1) is 10.7 Å². The van der Waals surface area contributed by atoms with Crippen molar-refractivity contribution in [1.82, 2.24) is 9.71 Å². The SMILES string of the molecule is CCCCCc1nc(C)c(S(=O)(=O)NCC(F)(F)F)s1. The number of hydrogen-bond donors (Lipinski definition) is 1.